The quantitative estimate of drug-likeness (QED) is 0.905. The first-order valence-corrected chi connectivity index (χ1v) is 8.02. The summed E-state index contributed by atoms with van der Waals surface area (Å²) in [5, 5.41) is 1.19. The van der Waals surface area contributed by atoms with Crippen molar-refractivity contribution in [3.8, 4) is 0 Å². The number of amides is 1. The van der Waals surface area contributed by atoms with E-state index in [9.17, 15) is 13.2 Å². The second kappa shape index (κ2) is 6.19. The lowest BCUT2D eigenvalue weighted by Crippen LogP contribution is -2.43. The summed E-state index contributed by atoms with van der Waals surface area (Å²) in [6.45, 7) is 0.613. The van der Waals surface area contributed by atoms with Crippen molar-refractivity contribution >= 4 is 22.0 Å². The number of piperidine rings is 1. The molecule has 0 bridgehead atoms. The molecule has 0 radical (unpaired) electrons. The van der Waals surface area contributed by atoms with Crippen molar-refractivity contribution in [1.82, 2.24) is 4.31 Å². The van der Waals surface area contributed by atoms with E-state index < -0.39 is 15.9 Å². The molecule has 6 heteroatoms. The third kappa shape index (κ3) is 3.68. The number of hydrogen-bond donors (Lipinski definition) is 1. The van der Waals surface area contributed by atoms with Crippen LogP contribution < -0.4 is 5.73 Å². The molecular formula is C14H18N2O3S. The van der Waals surface area contributed by atoms with Crippen LogP contribution in [0, 0.1) is 5.92 Å². The van der Waals surface area contributed by atoms with Crippen LogP contribution in [0.3, 0.4) is 0 Å². The average molecular weight is 294 g/mol. The lowest BCUT2D eigenvalue weighted by molar-refractivity contribution is -0.122. The molecule has 20 heavy (non-hydrogen) atoms. The average Bonchev–Trinajstić information content (AvgIpc) is 2.46. The fourth-order valence-corrected chi connectivity index (χ4v) is 3.49. The number of benzene rings is 1. The largest absolute Gasteiger partial charge is 0.369 e. The zero-order valence-corrected chi connectivity index (χ0v) is 11.9. The van der Waals surface area contributed by atoms with Crippen molar-refractivity contribution in [1.29, 1.82) is 0 Å². The Morgan fingerprint density at radius 2 is 2.00 bits per heavy atom. The van der Waals surface area contributed by atoms with E-state index in [1.165, 1.54) is 9.71 Å². The number of rotatable bonds is 4. The molecule has 1 fully saturated rings. The Kier molecular flexibility index (Phi) is 4.57. The minimum Gasteiger partial charge on any atom is -0.369 e. The number of nitrogens with zero attached hydrogens (tertiary/aromatic N) is 1. The van der Waals surface area contributed by atoms with Gasteiger partial charge in [-0.15, -0.1) is 0 Å². The van der Waals surface area contributed by atoms with Crippen LogP contribution in [0.5, 0.6) is 0 Å². The summed E-state index contributed by atoms with van der Waals surface area (Å²) in [4.78, 5) is 11.2. The van der Waals surface area contributed by atoms with Gasteiger partial charge in [0.25, 0.3) is 0 Å². The highest BCUT2D eigenvalue weighted by Crippen LogP contribution is 2.20. The van der Waals surface area contributed by atoms with Crippen LogP contribution in [-0.4, -0.2) is 31.7 Å². The van der Waals surface area contributed by atoms with Gasteiger partial charge in [-0.1, -0.05) is 30.3 Å². The molecule has 0 aliphatic carbocycles. The minimum absolute atomic E-state index is 0.177. The lowest BCUT2D eigenvalue weighted by Gasteiger charge is -2.29. The van der Waals surface area contributed by atoms with Gasteiger partial charge in [-0.05, 0) is 24.5 Å². The highest BCUT2D eigenvalue weighted by Gasteiger charge is 2.29. The van der Waals surface area contributed by atoms with E-state index in [4.69, 9.17) is 5.73 Å². The third-order valence-electron chi connectivity index (χ3n) is 3.38. The molecular weight excluding hydrogens is 276 g/mol. The van der Waals surface area contributed by atoms with E-state index in [1.54, 1.807) is 6.08 Å². The highest BCUT2D eigenvalue weighted by atomic mass is 32.2. The van der Waals surface area contributed by atoms with Gasteiger partial charge in [-0.2, -0.15) is 4.31 Å². The van der Waals surface area contributed by atoms with Gasteiger partial charge in [-0.3, -0.25) is 4.79 Å². The number of primary amides is 1. The molecule has 1 aliphatic heterocycles. The summed E-state index contributed by atoms with van der Waals surface area (Å²) in [6.07, 6.45) is 2.87. The summed E-state index contributed by atoms with van der Waals surface area (Å²) >= 11 is 0. The van der Waals surface area contributed by atoms with Gasteiger partial charge < -0.3 is 5.73 Å². The minimum atomic E-state index is -3.50. The third-order valence-corrected chi connectivity index (χ3v) is 4.91. The first-order valence-electron chi connectivity index (χ1n) is 6.51. The number of nitrogens with two attached hydrogens (primary N) is 1. The summed E-state index contributed by atoms with van der Waals surface area (Å²) in [7, 11) is -3.50. The van der Waals surface area contributed by atoms with Crippen LogP contribution in [0.4, 0.5) is 0 Å². The lowest BCUT2D eigenvalue weighted by atomic mass is 9.99. The van der Waals surface area contributed by atoms with Crippen molar-refractivity contribution < 1.29 is 13.2 Å². The normalized spacial score (nSPS) is 21.1. The van der Waals surface area contributed by atoms with Gasteiger partial charge in [0.15, 0.2) is 0 Å². The monoisotopic (exact) mass is 294 g/mol. The second-order valence-corrected chi connectivity index (χ2v) is 6.68. The maximum Gasteiger partial charge on any atom is 0.236 e. The topological polar surface area (TPSA) is 80.5 Å². The van der Waals surface area contributed by atoms with E-state index >= 15 is 0 Å². The van der Waals surface area contributed by atoms with Crippen molar-refractivity contribution in [2.45, 2.75) is 12.8 Å². The standard InChI is InChI=1S/C14H18N2O3S/c15-14(17)13-7-4-9-16(11-13)20(18,19)10-8-12-5-2-1-3-6-12/h1-3,5-6,8,10,13H,4,7,9,11H2,(H2,15,17)/b10-8+/t13-/m1/s1. The summed E-state index contributed by atoms with van der Waals surface area (Å²) in [5.74, 6) is -0.819. The van der Waals surface area contributed by atoms with Crippen molar-refractivity contribution in [3.05, 3.63) is 41.3 Å². The molecule has 2 N–H and O–H groups in total. The van der Waals surface area contributed by atoms with Crippen LogP contribution in [-0.2, 0) is 14.8 Å². The van der Waals surface area contributed by atoms with Crippen LogP contribution in [0.1, 0.15) is 18.4 Å². The maximum atomic E-state index is 12.2. The number of hydrogen-bond acceptors (Lipinski definition) is 3. The molecule has 1 aromatic rings. The molecule has 2 rings (SSSR count). The Morgan fingerprint density at radius 3 is 2.65 bits per heavy atom. The number of sulfonamides is 1. The molecule has 0 aromatic heterocycles. The van der Waals surface area contributed by atoms with E-state index in [0.717, 1.165) is 5.56 Å². The molecule has 0 spiro atoms. The molecule has 1 saturated heterocycles. The number of carbonyl (C=O) groups excluding carboxylic acids is 1. The van der Waals surface area contributed by atoms with E-state index in [0.29, 0.717) is 19.4 Å². The summed E-state index contributed by atoms with van der Waals surface area (Å²) in [6, 6.07) is 9.21. The van der Waals surface area contributed by atoms with Gasteiger partial charge in [0, 0.05) is 18.5 Å². The molecule has 1 atom stereocenters. The van der Waals surface area contributed by atoms with Gasteiger partial charge in [0.2, 0.25) is 15.9 Å². The fraction of sp³-hybridized carbons (Fsp3) is 0.357. The first-order chi connectivity index (χ1) is 9.49. The van der Waals surface area contributed by atoms with E-state index in [2.05, 4.69) is 0 Å². The smallest absolute Gasteiger partial charge is 0.236 e. The fourth-order valence-electron chi connectivity index (χ4n) is 2.22. The Labute approximate surface area is 119 Å². The zero-order valence-electron chi connectivity index (χ0n) is 11.1. The van der Waals surface area contributed by atoms with Crippen LogP contribution >= 0.6 is 0 Å². The van der Waals surface area contributed by atoms with Crippen molar-refractivity contribution in [3.63, 3.8) is 0 Å². The molecule has 5 nitrogen and oxygen atoms in total. The SMILES string of the molecule is NC(=O)[C@@H]1CCCN(S(=O)(=O)/C=C/c2ccccc2)C1. The van der Waals surface area contributed by atoms with Gasteiger partial charge >= 0.3 is 0 Å². The Hall–Kier alpha value is -1.66. The van der Waals surface area contributed by atoms with Crippen LogP contribution in [0.25, 0.3) is 6.08 Å². The molecule has 0 saturated carbocycles. The predicted molar refractivity (Wildman–Crippen MR) is 77.9 cm³/mol. The first kappa shape index (κ1) is 14.7. The van der Waals surface area contributed by atoms with E-state index in [1.807, 2.05) is 30.3 Å². The van der Waals surface area contributed by atoms with Crippen molar-refractivity contribution in [2.75, 3.05) is 13.1 Å². The Balaban J connectivity index is 2.10. The molecule has 1 amide bonds. The molecule has 108 valence electrons. The molecule has 1 heterocycles. The zero-order chi connectivity index (χ0) is 14.6. The van der Waals surface area contributed by atoms with Gasteiger partial charge in [0.05, 0.1) is 5.92 Å². The predicted octanol–water partition coefficient (Wildman–Crippen LogP) is 1.18. The Bertz CT molecular complexity index is 596. The molecule has 1 aliphatic rings. The molecule has 1 aromatic carbocycles. The van der Waals surface area contributed by atoms with E-state index in [-0.39, 0.29) is 12.5 Å². The van der Waals surface area contributed by atoms with Crippen molar-refractivity contribution in [2.24, 2.45) is 11.7 Å². The summed E-state index contributed by atoms with van der Waals surface area (Å²) in [5.41, 5.74) is 6.08. The number of carbonyl (C=O) groups is 1. The van der Waals surface area contributed by atoms with Gasteiger partial charge in [-0.25, -0.2) is 8.42 Å². The maximum absolute atomic E-state index is 12.2. The highest BCUT2D eigenvalue weighted by molar-refractivity contribution is 7.92. The summed E-state index contributed by atoms with van der Waals surface area (Å²) < 4.78 is 25.8. The van der Waals surface area contributed by atoms with Crippen LogP contribution in [0.15, 0.2) is 35.7 Å². The van der Waals surface area contributed by atoms with Gasteiger partial charge in [0.1, 0.15) is 0 Å². The molecule has 0 unspecified atom stereocenters. The van der Waals surface area contributed by atoms with Crippen LogP contribution in [0.2, 0.25) is 0 Å². The second-order valence-electron chi connectivity index (χ2n) is 4.86. The Morgan fingerprint density at radius 1 is 1.30 bits per heavy atom.